The molecule has 0 aliphatic carbocycles. The highest BCUT2D eigenvalue weighted by Crippen LogP contribution is 2.12. The molecule has 0 saturated carbocycles. The zero-order chi connectivity index (χ0) is 12.9. The first-order valence-electron chi connectivity index (χ1n) is 5.33. The third kappa shape index (κ3) is 4.08. The van der Waals surface area contributed by atoms with E-state index < -0.39 is 5.41 Å². The van der Waals surface area contributed by atoms with Gasteiger partial charge in [0.1, 0.15) is 0 Å². The van der Waals surface area contributed by atoms with Crippen LogP contribution in [0.5, 0.6) is 0 Å². The molecule has 0 aliphatic rings. The number of carbonyl (C=O) groups excluding carboxylic acids is 1. The first-order valence-corrected chi connectivity index (χ1v) is 5.86. The summed E-state index contributed by atoms with van der Waals surface area (Å²) in [5, 5.41) is 11.6. The molecule has 1 rings (SSSR count). The molecule has 90 valence electrons. The molecule has 0 bridgehead atoms. The number of nitriles is 1. The van der Waals surface area contributed by atoms with Crippen LogP contribution in [-0.2, 0) is 5.88 Å². The third-order valence-corrected chi connectivity index (χ3v) is 2.65. The number of hydrogen-bond donors (Lipinski definition) is 1. The summed E-state index contributed by atoms with van der Waals surface area (Å²) in [7, 11) is 0. The normalized spacial score (nSPS) is 10.7. The molecule has 0 aliphatic heterocycles. The fraction of sp³-hybridized carbons (Fsp3) is 0.385. The van der Waals surface area contributed by atoms with Crippen LogP contribution in [0, 0.1) is 16.7 Å². The Balaban J connectivity index is 2.68. The van der Waals surface area contributed by atoms with Gasteiger partial charge in [0, 0.05) is 18.0 Å². The molecular weight excluding hydrogens is 236 g/mol. The molecule has 0 unspecified atom stereocenters. The molecule has 0 atom stereocenters. The van der Waals surface area contributed by atoms with Gasteiger partial charge in [-0.05, 0) is 31.5 Å². The van der Waals surface area contributed by atoms with Crippen LogP contribution in [0.3, 0.4) is 0 Å². The standard InChI is InChI=1S/C13H15ClN2O/c1-13(2,8-15)9-16-12(17)11-5-3-4-10(6-11)7-14/h3-6H,7,9H2,1-2H3,(H,16,17). The maximum absolute atomic E-state index is 11.8. The molecule has 0 heterocycles. The Kier molecular flexibility index (Phi) is 4.53. The number of amides is 1. The lowest BCUT2D eigenvalue weighted by Gasteiger charge is -2.15. The molecule has 0 saturated heterocycles. The highest BCUT2D eigenvalue weighted by molar-refractivity contribution is 6.17. The van der Waals surface area contributed by atoms with E-state index in [2.05, 4.69) is 11.4 Å². The molecule has 0 aromatic heterocycles. The summed E-state index contributed by atoms with van der Waals surface area (Å²) in [5.74, 6) is 0.199. The van der Waals surface area contributed by atoms with Gasteiger partial charge in [0.2, 0.25) is 0 Å². The second kappa shape index (κ2) is 5.70. The van der Waals surface area contributed by atoms with Gasteiger partial charge in [0.25, 0.3) is 5.91 Å². The summed E-state index contributed by atoms with van der Waals surface area (Å²) in [5.41, 5.74) is 0.912. The van der Waals surface area contributed by atoms with Crippen molar-refractivity contribution in [3.05, 3.63) is 35.4 Å². The molecule has 1 aromatic carbocycles. The van der Waals surface area contributed by atoms with Gasteiger partial charge < -0.3 is 5.32 Å². The average molecular weight is 251 g/mol. The number of alkyl halides is 1. The monoisotopic (exact) mass is 250 g/mol. The molecule has 1 N–H and O–H groups in total. The van der Waals surface area contributed by atoms with E-state index in [1.807, 2.05) is 6.07 Å². The molecular formula is C13H15ClN2O. The van der Waals surface area contributed by atoms with Crippen LogP contribution in [0.15, 0.2) is 24.3 Å². The Morgan fingerprint density at radius 3 is 2.82 bits per heavy atom. The summed E-state index contributed by atoms with van der Waals surface area (Å²) in [6, 6.07) is 9.27. The van der Waals surface area contributed by atoms with Crippen LogP contribution in [0.4, 0.5) is 0 Å². The predicted molar refractivity (Wildman–Crippen MR) is 67.7 cm³/mol. The van der Waals surface area contributed by atoms with Crippen LogP contribution in [0.2, 0.25) is 0 Å². The lowest BCUT2D eigenvalue weighted by molar-refractivity contribution is 0.0943. The van der Waals surface area contributed by atoms with E-state index in [9.17, 15) is 4.79 Å². The van der Waals surface area contributed by atoms with Gasteiger partial charge in [-0.25, -0.2) is 0 Å². The highest BCUT2D eigenvalue weighted by Gasteiger charge is 2.18. The summed E-state index contributed by atoms with van der Waals surface area (Å²) in [4.78, 5) is 11.8. The van der Waals surface area contributed by atoms with Gasteiger partial charge in [-0.1, -0.05) is 12.1 Å². The number of benzene rings is 1. The number of nitrogens with zero attached hydrogens (tertiary/aromatic N) is 1. The van der Waals surface area contributed by atoms with Crippen LogP contribution in [0.25, 0.3) is 0 Å². The van der Waals surface area contributed by atoms with Crippen LogP contribution in [-0.4, -0.2) is 12.5 Å². The molecule has 1 aromatic rings. The van der Waals surface area contributed by atoms with Crippen molar-refractivity contribution in [1.29, 1.82) is 5.26 Å². The molecule has 0 spiro atoms. The van der Waals surface area contributed by atoms with E-state index >= 15 is 0 Å². The SMILES string of the molecule is CC(C)(C#N)CNC(=O)c1cccc(CCl)c1. The topological polar surface area (TPSA) is 52.9 Å². The second-order valence-electron chi connectivity index (χ2n) is 4.51. The van der Waals surface area contributed by atoms with Crippen LogP contribution in [0.1, 0.15) is 29.8 Å². The summed E-state index contributed by atoms with van der Waals surface area (Å²) in [6.07, 6.45) is 0. The largest absolute Gasteiger partial charge is 0.350 e. The van der Waals surface area contributed by atoms with E-state index in [0.29, 0.717) is 18.0 Å². The summed E-state index contributed by atoms with van der Waals surface area (Å²) >= 11 is 5.70. The highest BCUT2D eigenvalue weighted by atomic mass is 35.5. The Hall–Kier alpha value is -1.53. The maximum atomic E-state index is 11.8. The van der Waals surface area contributed by atoms with E-state index in [4.69, 9.17) is 16.9 Å². The summed E-state index contributed by atoms with van der Waals surface area (Å²) < 4.78 is 0. The van der Waals surface area contributed by atoms with Gasteiger partial charge in [-0.2, -0.15) is 5.26 Å². The number of carbonyl (C=O) groups is 1. The molecule has 0 radical (unpaired) electrons. The van der Waals surface area contributed by atoms with Crippen molar-refractivity contribution in [2.45, 2.75) is 19.7 Å². The van der Waals surface area contributed by atoms with Crippen molar-refractivity contribution in [3.63, 3.8) is 0 Å². The van der Waals surface area contributed by atoms with Crippen molar-refractivity contribution in [2.24, 2.45) is 5.41 Å². The Morgan fingerprint density at radius 1 is 1.53 bits per heavy atom. The molecule has 1 amide bonds. The smallest absolute Gasteiger partial charge is 0.251 e. The van der Waals surface area contributed by atoms with Gasteiger partial charge in [-0.15, -0.1) is 11.6 Å². The Labute approximate surface area is 106 Å². The predicted octanol–water partition coefficient (Wildman–Crippen LogP) is 2.70. The molecule has 4 heteroatoms. The Bertz CT molecular complexity index is 449. The van der Waals surface area contributed by atoms with Crippen molar-refractivity contribution in [2.75, 3.05) is 6.54 Å². The first kappa shape index (κ1) is 13.5. The molecule has 17 heavy (non-hydrogen) atoms. The van der Waals surface area contributed by atoms with Gasteiger partial charge in [-0.3, -0.25) is 4.79 Å². The zero-order valence-electron chi connectivity index (χ0n) is 9.96. The Morgan fingerprint density at radius 2 is 2.24 bits per heavy atom. The lowest BCUT2D eigenvalue weighted by atomic mass is 9.96. The van der Waals surface area contributed by atoms with Crippen molar-refractivity contribution in [3.8, 4) is 6.07 Å². The van der Waals surface area contributed by atoms with Crippen LogP contribution >= 0.6 is 11.6 Å². The number of halogens is 1. The summed E-state index contributed by atoms with van der Waals surface area (Å²) in [6.45, 7) is 3.89. The third-order valence-electron chi connectivity index (χ3n) is 2.34. The average Bonchev–Trinajstić information content (AvgIpc) is 2.36. The fourth-order valence-electron chi connectivity index (χ4n) is 1.24. The lowest BCUT2D eigenvalue weighted by Crippen LogP contribution is -2.33. The van der Waals surface area contributed by atoms with Gasteiger partial charge >= 0.3 is 0 Å². The quantitative estimate of drug-likeness (QED) is 0.836. The fourth-order valence-corrected chi connectivity index (χ4v) is 1.40. The van der Waals surface area contributed by atoms with Crippen molar-refractivity contribution >= 4 is 17.5 Å². The first-order chi connectivity index (χ1) is 7.98. The molecule has 0 fully saturated rings. The minimum absolute atomic E-state index is 0.180. The number of nitrogens with one attached hydrogen (secondary N) is 1. The zero-order valence-corrected chi connectivity index (χ0v) is 10.7. The van der Waals surface area contributed by atoms with E-state index in [0.717, 1.165) is 5.56 Å². The van der Waals surface area contributed by atoms with Crippen molar-refractivity contribution in [1.82, 2.24) is 5.32 Å². The van der Waals surface area contributed by atoms with E-state index in [1.54, 1.807) is 32.0 Å². The minimum atomic E-state index is -0.556. The minimum Gasteiger partial charge on any atom is -0.350 e. The van der Waals surface area contributed by atoms with Gasteiger partial charge in [0.15, 0.2) is 0 Å². The second-order valence-corrected chi connectivity index (χ2v) is 4.78. The maximum Gasteiger partial charge on any atom is 0.251 e. The van der Waals surface area contributed by atoms with E-state index in [-0.39, 0.29) is 5.91 Å². The number of rotatable bonds is 4. The van der Waals surface area contributed by atoms with Crippen LogP contribution < -0.4 is 5.32 Å². The van der Waals surface area contributed by atoms with Crippen molar-refractivity contribution < 1.29 is 4.79 Å². The van der Waals surface area contributed by atoms with Gasteiger partial charge in [0.05, 0.1) is 11.5 Å². The van der Waals surface area contributed by atoms with E-state index in [1.165, 1.54) is 0 Å². The molecule has 3 nitrogen and oxygen atoms in total. The number of hydrogen-bond acceptors (Lipinski definition) is 2.